The highest BCUT2D eigenvalue weighted by molar-refractivity contribution is 5.11. The molecule has 1 heteroatoms. The zero-order chi connectivity index (χ0) is 8.53. The first-order chi connectivity index (χ1) is 5.31. The summed E-state index contributed by atoms with van der Waals surface area (Å²) in [7, 11) is 0. The molecular formula is C10H14O. The van der Waals surface area contributed by atoms with Crippen LogP contribution in [0, 0.1) is 6.92 Å². The third kappa shape index (κ3) is 6.81. The highest BCUT2D eigenvalue weighted by Gasteiger charge is 1.72. The number of hydrogen-bond donors (Lipinski definition) is 1. The number of aryl methyl sites for hydroxylation is 1. The van der Waals surface area contributed by atoms with Crippen molar-refractivity contribution in [3.05, 3.63) is 48.6 Å². The average molecular weight is 150 g/mol. The number of rotatable bonds is 1. The third-order valence-corrected chi connectivity index (χ3v) is 1.07. The maximum Gasteiger partial charge on any atom is 0.0609 e. The highest BCUT2D eigenvalue weighted by Crippen LogP contribution is 1.92. The van der Waals surface area contributed by atoms with Crippen molar-refractivity contribution in [1.29, 1.82) is 0 Å². The molecule has 0 bridgehead atoms. The van der Waals surface area contributed by atoms with Gasteiger partial charge in [0.05, 0.1) is 6.61 Å². The van der Waals surface area contributed by atoms with Crippen molar-refractivity contribution < 1.29 is 5.11 Å². The lowest BCUT2D eigenvalue weighted by molar-refractivity contribution is 0.343. The van der Waals surface area contributed by atoms with Crippen molar-refractivity contribution in [2.45, 2.75) is 6.92 Å². The summed E-state index contributed by atoms with van der Waals surface area (Å²) in [5.74, 6) is 0. The molecule has 0 aliphatic rings. The Hall–Kier alpha value is -1.08. The molecule has 0 radical (unpaired) electrons. The summed E-state index contributed by atoms with van der Waals surface area (Å²) in [6, 6.07) is 10.3. The van der Waals surface area contributed by atoms with Crippen molar-refractivity contribution >= 4 is 0 Å². The fourth-order valence-electron chi connectivity index (χ4n) is 0.534. The fourth-order valence-corrected chi connectivity index (χ4v) is 0.534. The van der Waals surface area contributed by atoms with Crippen LogP contribution in [-0.4, -0.2) is 11.7 Å². The average Bonchev–Trinajstić information content (AvgIpc) is 2.07. The van der Waals surface area contributed by atoms with Gasteiger partial charge in [-0.15, -0.1) is 6.58 Å². The van der Waals surface area contributed by atoms with Crippen molar-refractivity contribution in [3.8, 4) is 0 Å². The second-order valence-corrected chi connectivity index (χ2v) is 2.13. The van der Waals surface area contributed by atoms with Gasteiger partial charge in [-0.1, -0.05) is 42.0 Å². The van der Waals surface area contributed by atoms with Crippen LogP contribution in [0.3, 0.4) is 0 Å². The monoisotopic (exact) mass is 150 g/mol. The van der Waals surface area contributed by atoms with E-state index in [-0.39, 0.29) is 6.61 Å². The van der Waals surface area contributed by atoms with Crippen molar-refractivity contribution in [2.75, 3.05) is 6.61 Å². The Balaban J connectivity index is 0.000000218. The minimum Gasteiger partial charge on any atom is -0.392 e. The maximum absolute atomic E-state index is 7.76. The van der Waals surface area contributed by atoms with Gasteiger partial charge in [-0.25, -0.2) is 0 Å². The third-order valence-electron chi connectivity index (χ3n) is 1.07. The molecule has 0 spiro atoms. The van der Waals surface area contributed by atoms with Gasteiger partial charge in [0.25, 0.3) is 0 Å². The first-order valence-corrected chi connectivity index (χ1v) is 3.54. The van der Waals surface area contributed by atoms with Crippen LogP contribution < -0.4 is 0 Å². The van der Waals surface area contributed by atoms with Gasteiger partial charge in [0, 0.05) is 0 Å². The van der Waals surface area contributed by atoms with E-state index >= 15 is 0 Å². The van der Waals surface area contributed by atoms with E-state index in [1.807, 2.05) is 18.2 Å². The Kier molecular flexibility index (Phi) is 6.34. The van der Waals surface area contributed by atoms with Crippen molar-refractivity contribution in [1.82, 2.24) is 0 Å². The molecule has 1 nitrogen and oxygen atoms in total. The first-order valence-electron chi connectivity index (χ1n) is 3.54. The van der Waals surface area contributed by atoms with Crippen LogP contribution in [0.5, 0.6) is 0 Å². The molecule has 60 valence electrons. The number of aliphatic hydroxyl groups excluding tert-OH is 1. The van der Waals surface area contributed by atoms with Crippen LogP contribution in [-0.2, 0) is 0 Å². The lowest BCUT2D eigenvalue weighted by Crippen LogP contribution is -1.62. The van der Waals surface area contributed by atoms with Gasteiger partial charge in [-0.05, 0) is 6.92 Å². The molecule has 0 heterocycles. The summed E-state index contributed by atoms with van der Waals surface area (Å²) in [6.45, 7) is 5.40. The molecule has 1 aromatic carbocycles. The van der Waals surface area contributed by atoms with E-state index in [9.17, 15) is 0 Å². The van der Waals surface area contributed by atoms with E-state index in [0.717, 1.165) is 0 Å². The van der Waals surface area contributed by atoms with Crippen molar-refractivity contribution in [2.24, 2.45) is 0 Å². The second kappa shape index (κ2) is 7.03. The summed E-state index contributed by atoms with van der Waals surface area (Å²) >= 11 is 0. The van der Waals surface area contributed by atoms with Crippen LogP contribution in [0.4, 0.5) is 0 Å². The molecular weight excluding hydrogens is 136 g/mol. The highest BCUT2D eigenvalue weighted by atomic mass is 16.2. The summed E-state index contributed by atoms with van der Waals surface area (Å²) in [5, 5.41) is 7.76. The lowest BCUT2D eigenvalue weighted by Gasteiger charge is -1.82. The maximum atomic E-state index is 7.76. The fraction of sp³-hybridized carbons (Fsp3) is 0.200. The quantitative estimate of drug-likeness (QED) is 0.608. The Labute approximate surface area is 68.0 Å². The lowest BCUT2D eigenvalue weighted by atomic mass is 10.2. The molecule has 1 rings (SSSR count). The van der Waals surface area contributed by atoms with E-state index in [2.05, 4.69) is 25.6 Å². The second-order valence-electron chi connectivity index (χ2n) is 2.13. The standard InChI is InChI=1S/C7H8.C3H6O/c1-7-5-3-2-4-6-7;1-2-3-4/h2-6H,1H3;2,4H,1,3H2. The molecule has 1 N–H and O–H groups in total. The molecule has 0 aliphatic heterocycles. The Morgan fingerprint density at radius 2 is 1.82 bits per heavy atom. The normalized spacial score (nSPS) is 7.82. The molecule has 0 amide bonds. The Morgan fingerprint density at radius 3 is 2.00 bits per heavy atom. The van der Waals surface area contributed by atoms with E-state index in [4.69, 9.17) is 5.11 Å². The summed E-state index contributed by atoms with van der Waals surface area (Å²) in [5.41, 5.74) is 1.32. The predicted molar refractivity (Wildman–Crippen MR) is 48.5 cm³/mol. The van der Waals surface area contributed by atoms with Gasteiger partial charge in [0.15, 0.2) is 0 Å². The van der Waals surface area contributed by atoms with Gasteiger partial charge >= 0.3 is 0 Å². The van der Waals surface area contributed by atoms with Crippen molar-refractivity contribution in [3.63, 3.8) is 0 Å². The molecule has 0 unspecified atom stereocenters. The molecule has 0 fully saturated rings. The molecule has 0 saturated carbocycles. The zero-order valence-electron chi connectivity index (χ0n) is 6.83. The Morgan fingerprint density at radius 1 is 1.36 bits per heavy atom. The van der Waals surface area contributed by atoms with Gasteiger partial charge in [0.1, 0.15) is 0 Å². The number of hydrogen-bond acceptors (Lipinski definition) is 1. The molecule has 0 saturated heterocycles. The molecule has 0 aliphatic carbocycles. The predicted octanol–water partition coefficient (Wildman–Crippen LogP) is 2.16. The van der Waals surface area contributed by atoms with Crippen LogP contribution in [0.2, 0.25) is 0 Å². The van der Waals surface area contributed by atoms with Crippen LogP contribution in [0.15, 0.2) is 43.0 Å². The van der Waals surface area contributed by atoms with Gasteiger partial charge in [-0.3, -0.25) is 0 Å². The smallest absolute Gasteiger partial charge is 0.0609 e. The SMILES string of the molecule is C=CCO.Cc1ccccc1. The molecule has 11 heavy (non-hydrogen) atoms. The van der Waals surface area contributed by atoms with Gasteiger partial charge in [-0.2, -0.15) is 0 Å². The largest absolute Gasteiger partial charge is 0.392 e. The summed E-state index contributed by atoms with van der Waals surface area (Å²) in [4.78, 5) is 0. The van der Waals surface area contributed by atoms with E-state index < -0.39 is 0 Å². The van der Waals surface area contributed by atoms with E-state index in [1.165, 1.54) is 11.6 Å². The van der Waals surface area contributed by atoms with E-state index in [1.54, 1.807) is 0 Å². The zero-order valence-corrected chi connectivity index (χ0v) is 6.83. The minimum absolute atomic E-state index is 0.0833. The summed E-state index contributed by atoms with van der Waals surface area (Å²) in [6.07, 6.45) is 1.43. The molecule has 0 aromatic heterocycles. The molecule has 0 atom stereocenters. The Bertz CT molecular complexity index is 179. The van der Waals surface area contributed by atoms with Crippen LogP contribution in [0.25, 0.3) is 0 Å². The first kappa shape index (κ1) is 9.92. The van der Waals surface area contributed by atoms with E-state index in [0.29, 0.717) is 0 Å². The summed E-state index contributed by atoms with van der Waals surface area (Å²) < 4.78 is 0. The van der Waals surface area contributed by atoms with Crippen LogP contribution in [0.1, 0.15) is 5.56 Å². The van der Waals surface area contributed by atoms with Gasteiger partial charge in [0.2, 0.25) is 0 Å². The number of aliphatic hydroxyl groups is 1. The minimum atomic E-state index is 0.0833. The van der Waals surface area contributed by atoms with Crippen LogP contribution >= 0.6 is 0 Å². The molecule has 1 aromatic rings. The topological polar surface area (TPSA) is 20.2 Å². The number of benzene rings is 1. The van der Waals surface area contributed by atoms with Gasteiger partial charge < -0.3 is 5.11 Å².